The summed E-state index contributed by atoms with van der Waals surface area (Å²) < 4.78 is 17.0. The minimum atomic E-state index is -0.779. The van der Waals surface area contributed by atoms with Gasteiger partial charge in [0.25, 0.3) is 0 Å². The van der Waals surface area contributed by atoms with E-state index in [0.29, 0.717) is 19.3 Å². The lowest BCUT2D eigenvalue weighted by atomic mass is 10.0. The summed E-state index contributed by atoms with van der Waals surface area (Å²) in [7, 11) is 0. The van der Waals surface area contributed by atoms with Gasteiger partial charge in [0.15, 0.2) is 6.10 Å². The van der Waals surface area contributed by atoms with E-state index in [-0.39, 0.29) is 31.1 Å². The second kappa shape index (κ2) is 68.6. The van der Waals surface area contributed by atoms with Gasteiger partial charge in [-0.2, -0.15) is 0 Å². The van der Waals surface area contributed by atoms with E-state index in [1.54, 1.807) is 0 Å². The summed E-state index contributed by atoms with van der Waals surface area (Å²) in [5.74, 6) is -0.866. The molecule has 0 aromatic heterocycles. The van der Waals surface area contributed by atoms with E-state index in [0.717, 1.165) is 77.0 Å². The van der Waals surface area contributed by atoms with E-state index in [1.807, 2.05) is 0 Å². The largest absolute Gasteiger partial charge is 0.462 e. The van der Waals surface area contributed by atoms with Crippen LogP contribution in [0.1, 0.15) is 374 Å². The molecule has 0 aliphatic heterocycles. The van der Waals surface area contributed by atoms with Crippen molar-refractivity contribution in [1.29, 1.82) is 0 Å². The van der Waals surface area contributed by atoms with Gasteiger partial charge in [0.05, 0.1) is 0 Å². The summed E-state index contributed by atoms with van der Waals surface area (Å²) in [6.45, 7) is 6.65. The molecule has 0 saturated carbocycles. The van der Waals surface area contributed by atoms with Crippen LogP contribution >= 0.6 is 0 Å². The fourth-order valence-corrected chi connectivity index (χ4v) is 10.4. The molecule has 80 heavy (non-hydrogen) atoms. The van der Waals surface area contributed by atoms with Crippen LogP contribution in [0.3, 0.4) is 0 Å². The molecular weight excluding hydrogens is 985 g/mol. The van der Waals surface area contributed by atoms with Crippen molar-refractivity contribution in [1.82, 2.24) is 0 Å². The van der Waals surface area contributed by atoms with Gasteiger partial charge in [-0.25, -0.2) is 0 Å². The van der Waals surface area contributed by atoms with Crippen molar-refractivity contribution in [3.63, 3.8) is 0 Å². The normalized spacial score (nSPS) is 12.4. The Kier molecular flexibility index (Phi) is 66.1. The highest BCUT2D eigenvalue weighted by atomic mass is 16.6. The number of carbonyl (C=O) groups excluding carboxylic acids is 3. The average molecular weight is 1120 g/mol. The molecule has 0 bridgehead atoms. The van der Waals surface area contributed by atoms with Crippen molar-refractivity contribution < 1.29 is 28.6 Å². The molecule has 0 spiro atoms. The number of ether oxygens (including phenoxy) is 3. The van der Waals surface area contributed by atoms with Gasteiger partial charge >= 0.3 is 17.9 Å². The lowest BCUT2D eigenvalue weighted by Gasteiger charge is -2.18. The first-order valence-electron chi connectivity index (χ1n) is 35.3. The van der Waals surface area contributed by atoms with E-state index in [9.17, 15) is 14.4 Å². The van der Waals surface area contributed by atoms with Crippen LogP contribution in [0, 0.1) is 0 Å². The fraction of sp³-hybridized carbons (Fsp3) is 0.824. The Balaban J connectivity index is 4.21. The van der Waals surface area contributed by atoms with Crippen molar-refractivity contribution in [3.05, 3.63) is 60.8 Å². The fourth-order valence-electron chi connectivity index (χ4n) is 10.4. The number of hydrogen-bond acceptors (Lipinski definition) is 6. The van der Waals surface area contributed by atoms with E-state index >= 15 is 0 Å². The first-order chi connectivity index (χ1) is 39.5. The molecule has 0 N–H and O–H groups in total. The Morgan fingerprint density at radius 3 is 0.738 bits per heavy atom. The van der Waals surface area contributed by atoms with Gasteiger partial charge in [-0.05, 0) is 109 Å². The van der Waals surface area contributed by atoms with E-state index < -0.39 is 6.10 Å². The monoisotopic (exact) mass is 1120 g/mol. The summed E-state index contributed by atoms with van der Waals surface area (Å²) in [6.07, 6.45) is 88.2. The quantitative estimate of drug-likeness (QED) is 0.0261. The van der Waals surface area contributed by atoms with Crippen molar-refractivity contribution in [3.8, 4) is 0 Å². The van der Waals surface area contributed by atoms with Gasteiger partial charge in [0.1, 0.15) is 13.2 Å². The molecule has 0 aromatic carbocycles. The number of hydrogen-bond donors (Lipinski definition) is 0. The molecule has 1 unspecified atom stereocenters. The highest BCUT2D eigenvalue weighted by Crippen LogP contribution is 2.17. The molecular formula is C74H134O6. The molecule has 0 aromatic rings. The minimum absolute atomic E-state index is 0.0750. The second-order valence-electron chi connectivity index (χ2n) is 23.8. The molecule has 6 heteroatoms. The number of carbonyl (C=O) groups is 3. The summed E-state index contributed by atoms with van der Waals surface area (Å²) >= 11 is 0. The highest BCUT2D eigenvalue weighted by Gasteiger charge is 2.19. The molecule has 466 valence electrons. The molecule has 0 radical (unpaired) electrons. The first kappa shape index (κ1) is 77.1. The zero-order chi connectivity index (χ0) is 57.8. The Hall–Kier alpha value is -2.89. The van der Waals surface area contributed by atoms with Gasteiger partial charge in [-0.3, -0.25) is 14.4 Å². The molecule has 0 saturated heterocycles. The van der Waals surface area contributed by atoms with Gasteiger partial charge < -0.3 is 14.2 Å². The van der Waals surface area contributed by atoms with E-state index in [4.69, 9.17) is 14.2 Å². The van der Waals surface area contributed by atoms with Crippen LogP contribution in [0.2, 0.25) is 0 Å². The third kappa shape index (κ3) is 65.9. The topological polar surface area (TPSA) is 78.9 Å². The van der Waals surface area contributed by atoms with Crippen LogP contribution in [0.4, 0.5) is 0 Å². The predicted molar refractivity (Wildman–Crippen MR) is 348 cm³/mol. The number of unbranched alkanes of at least 4 members (excludes halogenated alkanes) is 44. The number of esters is 3. The summed E-state index contributed by atoms with van der Waals surface area (Å²) in [4.78, 5) is 38.4. The number of rotatable bonds is 65. The first-order valence-corrected chi connectivity index (χ1v) is 35.3. The lowest BCUT2D eigenvalue weighted by molar-refractivity contribution is -0.167. The van der Waals surface area contributed by atoms with Gasteiger partial charge in [-0.15, -0.1) is 0 Å². The molecule has 0 aliphatic rings. The van der Waals surface area contributed by atoms with Crippen LogP contribution in [0.15, 0.2) is 60.8 Å². The molecule has 6 nitrogen and oxygen atoms in total. The molecule has 0 heterocycles. The Bertz CT molecular complexity index is 1430. The molecule has 0 rings (SSSR count). The van der Waals surface area contributed by atoms with Crippen LogP contribution < -0.4 is 0 Å². The van der Waals surface area contributed by atoms with Crippen molar-refractivity contribution >= 4 is 17.9 Å². The van der Waals surface area contributed by atoms with E-state index in [1.165, 1.54) is 257 Å². The van der Waals surface area contributed by atoms with Crippen LogP contribution in [0.5, 0.6) is 0 Å². The molecule has 0 fully saturated rings. The predicted octanol–water partition coefficient (Wildman–Crippen LogP) is 24.3. The van der Waals surface area contributed by atoms with Gasteiger partial charge in [0.2, 0.25) is 0 Å². The highest BCUT2D eigenvalue weighted by molar-refractivity contribution is 5.71. The second-order valence-corrected chi connectivity index (χ2v) is 23.8. The third-order valence-electron chi connectivity index (χ3n) is 15.7. The maximum Gasteiger partial charge on any atom is 0.306 e. The average Bonchev–Trinajstić information content (AvgIpc) is 3.46. The molecule has 0 amide bonds. The number of allylic oxidation sites excluding steroid dienone is 10. The maximum atomic E-state index is 12.9. The SMILES string of the molecule is CCCCC/C=C\CCCCCCCC(=O)OCC(COC(=O)CCCCCCCCCCCCCCCC/C=C\C/C=C\C/C=C\CCCCCCC)OC(=O)CCCCCCCCCCC/C=C\CCCCCCCCCC. The minimum Gasteiger partial charge on any atom is -0.462 e. The maximum absolute atomic E-state index is 12.9. The van der Waals surface area contributed by atoms with Gasteiger partial charge in [-0.1, -0.05) is 306 Å². The van der Waals surface area contributed by atoms with Crippen molar-refractivity contribution in [2.75, 3.05) is 13.2 Å². The zero-order valence-electron chi connectivity index (χ0n) is 53.6. The Morgan fingerprint density at radius 1 is 0.250 bits per heavy atom. The van der Waals surface area contributed by atoms with Crippen LogP contribution in [-0.2, 0) is 28.6 Å². The zero-order valence-corrected chi connectivity index (χ0v) is 53.6. The van der Waals surface area contributed by atoms with E-state index in [2.05, 4.69) is 81.5 Å². The summed E-state index contributed by atoms with van der Waals surface area (Å²) in [6, 6.07) is 0. The third-order valence-corrected chi connectivity index (χ3v) is 15.7. The molecule has 1 atom stereocenters. The standard InChI is InChI=1S/C74H134O6/c1-4-7-10-13-16-19-22-25-27-29-31-33-34-35-36-37-38-39-40-42-43-45-47-49-52-55-58-61-64-67-73(76)79-70-71(69-78-72(75)66-63-60-57-54-51-24-21-18-15-12-9-6-3)80-74(77)68-65-62-59-56-53-50-48-46-44-41-32-30-28-26-23-20-17-14-11-8-5-2/h18,21-22,25,29-32,34-35,71H,4-17,19-20,23-24,26-28,33,36-70H2,1-3H3/b21-18-,25-22-,31-29-,32-30-,35-34-. The Labute approximate surface area is 498 Å². The summed E-state index contributed by atoms with van der Waals surface area (Å²) in [5, 5.41) is 0. The summed E-state index contributed by atoms with van der Waals surface area (Å²) in [5.41, 5.74) is 0. The van der Waals surface area contributed by atoms with Gasteiger partial charge in [0, 0.05) is 19.3 Å². The van der Waals surface area contributed by atoms with Crippen molar-refractivity contribution in [2.24, 2.45) is 0 Å². The van der Waals surface area contributed by atoms with Crippen LogP contribution in [-0.4, -0.2) is 37.2 Å². The lowest BCUT2D eigenvalue weighted by Crippen LogP contribution is -2.30. The Morgan fingerprint density at radius 2 is 0.450 bits per heavy atom. The van der Waals surface area contributed by atoms with Crippen LogP contribution in [0.25, 0.3) is 0 Å². The molecule has 0 aliphatic carbocycles. The smallest absolute Gasteiger partial charge is 0.306 e. The van der Waals surface area contributed by atoms with Crippen molar-refractivity contribution in [2.45, 2.75) is 380 Å².